The molecule has 1 saturated heterocycles. The molecule has 4 rings (SSSR count). The zero-order chi connectivity index (χ0) is 22.4. The Kier molecular flexibility index (Phi) is 6.01. The number of nitrogens with zero attached hydrogens (tertiary/aromatic N) is 2. The highest BCUT2D eigenvalue weighted by molar-refractivity contribution is 7.10. The summed E-state index contributed by atoms with van der Waals surface area (Å²) in [5.74, 6) is 0.224. The number of thiazole rings is 1. The Morgan fingerprint density at radius 1 is 1.19 bits per heavy atom. The molecule has 1 fully saturated rings. The molecule has 1 atom stereocenters. The Morgan fingerprint density at radius 3 is 2.48 bits per heavy atom. The first-order valence-corrected chi connectivity index (χ1v) is 12.3. The monoisotopic (exact) mass is 441 g/mol. The van der Waals surface area contributed by atoms with Crippen LogP contribution in [0.25, 0.3) is 11.3 Å². The number of aliphatic hydroxyl groups is 1. The first kappa shape index (κ1) is 22.4. The van der Waals surface area contributed by atoms with Crippen LogP contribution in [-0.4, -0.2) is 46.6 Å². The molecule has 1 aromatic heterocycles. The summed E-state index contributed by atoms with van der Waals surface area (Å²) >= 11 is 1.73. The minimum atomic E-state index is -0.804. The van der Waals surface area contributed by atoms with Gasteiger partial charge in [0.2, 0.25) is 5.91 Å². The summed E-state index contributed by atoms with van der Waals surface area (Å²) in [6.07, 6.45) is 4.21. The number of carbonyl (C=O) groups is 1. The number of likely N-dealkylation sites (tertiary alicyclic amines) is 1. The standard InChI is InChI=1S/C25H35N3O2S/c1-24(2)9-10-25(3,4)19-13-17(5-6-18(19)24)21-15-31-22(27-21)16-7-11-28(12-8-16)23(30)20(26)14-29/h5-6,13,15-16,20,29H,7-12,14,26H2,1-4H3/t20-/m1/s1. The molecule has 0 saturated carbocycles. The maximum Gasteiger partial charge on any atom is 0.241 e. The molecule has 0 unspecified atom stereocenters. The summed E-state index contributed by atoms with van der Waals surface area (Å²) in [6, 6.07) is 6.12. The molecule has 1 aliphatic heterocycles. The second-order valence-corrected chi connectivity index (χ2v) is 11.4. The number of hydrogen-bond acceptors (Lipinski definition) is 5. The Hall–Kier alpha value is -1.76. The summed E-state index contributed by atoms with van der Waals surface area (Å²) in [4.78, 5) is 19.0. The van der Waals surface area contributed by atoms with Gasteiger partial charge in [0.05, 0.1) is 17.3 Å². The molecule has 2 aliphatic rings. The molecular formula is C25H35N3O2S. The average Bonchev–Trinajstić information content (AvgIpc) is 3.26. The van der Waals surface area contributed by atoms with Gasteiger partial charge in [-0.25, -0.2) is 4.98 Å². The molecule has 0 bridgehead atoms. The van der Waals surface area contributed by atoms with E-state index in [1.165, 1.54) is 29.5 Å². The van der Waals surface area contributed by atoms with Crippen molar-refractivity contribution in [3.63, 3.8) is 0 Å². The van der Waals surface area contributed by atoms with Gasteiger partial charge in [0, 0.05) is 30.0 Å². The minimum Gasteiger partial charge on any atom is -0.394 e. The second kappa shape index (κ2) is 8.30. The maximum absolute atomic E-state index is 12.2. The molecule has 31 heavy (non-hydrogen) atoms. The summed E-state index contributed by atoms with van der Waals surface area (Å²) in [5, 5.41) is 12.5. The van der Waals surface area contributed by atoms with Crippen molar-refractivity contribution < 1.29 is 9.90 Å². The van der Waals surface area contributed by atoms with Crippen molar-refractivity contribution in [2.45, 2.75) is 76.2 Å². The lowest BCUT2D eigenvalue weighted by Gasteiger charge is -2.42. The van der Waals surface area contributed by atoms with Gasteiger partial charge in [0.1, 0.15) is 6.04 Å². The fourth-order valence-electron chi connectivity index (χ4n) is 5.02. The number of benzene rings is 1. The lowest BCUT2D eigenvalue weighted by molar-refractivity contribution is -0.134. The molecule has 6 heteroatoms. The highest BCUT2D eigenvalue weighted by Crippen LogP contribution is 2.47. The van der Waals surface area contributed by atoms with E-state index >= 15 is 0 Å². The van der Waals surface area contributed by atoms with Gasteiger partial charge in [-0.1, -0.05) is 39.8 Å². The van der Waals surface area contributed by atoms with Crippen LogP contribution < -0.4 is 5.73 Å². The minimum absolute atomic E-state index is 0.152. The smallest absolute Gasteiger partial charge is 0.241 e. The van der Waals surface area contributed by atoms with Crippen LogP contribution in [0.1, 0.15) is 75.4 Å². The number of carbonyl (C=O) groups excluding carboxylic acids is 1. The van der Waals surface area contributed by atoms with E-state index in [-0.39, 0.29) is 23.3 Å². The van der Waals surface area contributed by atoms with Gasteiger partial charge < -0.3 is 15.7 Å². The molecule has 2 heterocycles. The van der Waals surface area contributed by atoms with Gasteiger partial charge in [-0.15, -0.1) is 11.3 Å². The zero-order valence-electron chi connectivity index (χ0n) is 19.1. The van der Waals surface area contributed by atoms with E-state index in [2.05, 4.69) is 51.3 Å². The van der Waals surface area contributed by atoms with Gasteiger partial charge in [0.15, 0.2) is 0 Å². The summed E-state index contributed by atoms with van der Waals surface area (Å²) in [5.41, 5.74) is 11.3. The first-order valence-electron chi connectivity index (χ1n) is 11.4. The van der Waals surface area contributed by atoms with Crippen molar-refractivity contribution >= 4 is 17.2 Å². The lowest BCUT2D eigenvalue weighted by Crippen LogP contribution is -2.48. The predicted molar refractivity (Wildman–Crippen MR) is 126 cm³/mol. The van der Waals surface area contributed by atoms with E-state index in [1.807, 2.05) is 0 Å². The quantitative estimate of drug-likeness (QED) is 0.746. The van der Waals surface area contributed by atoms with Crippen molar-refractivity contribution in [3.8, 4) is 11.3 Å². The predicted octanol–water partition coefficient (Wildman–Crippen LogP) is 4.18. The van der Waals surface area contributed by atoms with E-state index in [1.54, 1.807) is 16.2 Å². The third-order valence-electron chi connectivity index (χ3n) is 7.34. The van der Waals surface area contributed by atoms with E-state index < -0.39 is 6.04 Å². The van der Waals surface area contributed by atoms with E-state index in [0.717, 1.165) is 23.5 Å². The Labute approximate surface area is 189 Å². The van der Waals surface area contributed by atoms with Crippen LogP contribution in [0.2, 0.25) is 0 Å². The Balaban J connectivity index is 1.51. The van der Waals surface area contributed by atoms with Crippen molar-refractivity contribution in [1.29, 1.82) is 0 Å². The summed E-state index contributed by atoms with van der Waals surface area (Å²) in [6.45, 7) is 10.5. The molecular weight excluding hydrogens is 406 g/mol. The van der Waals surface area contributed by atoms with Crippen molar-refractivity contribution in [2.75, 3.05) is 19.7 Å². The van der Waals surface area contributed by atoms with Gasteiger partial charge in [0.25, 0.3) is 0 Å². The van der Waals surface area contributed by atoms with Crippen molar-refractivity contribution in [3.05, 3.63) is 39.7 Å². The number of piperidine rings is 1. The molecule has 2 aromatic rings. The highest BCUT2D eigenvalue weighted by Gasteiger charge is 2.37. The molecule has 0 radical (unpaired) electrons. The average molecular weight is 442 g/mol. The van der Waals surface area contributed by atoms with Gasteiger partial charge >= 0.3 is 0 Å². The number of nitrogens with two attached hydrogens (primary N) is 1. The van der Waals surface area contributed by atoms with E-state index in [4.69, 9.17) is 15.8 Å². The zero-order valence-corrected chi connectivity index (χ0v) is 20.0. The summed E-state index contributed by atoms with van der Waals surface area (Å²) < 4.78 is 0. The van der Waals surface area contributed by atoms with Crippen molar-refractivity contribution in [1.82, 2.24) is 9.88 Å². The van der Waals surface area contributed by atoms with Gasteiger partial charge in [-0.3, -0.25) is 4.79 Å². The number of rotatable bonds is 4. The maximum atomic E-state index is 12.2. The first-order chi connectivity index (χ1) is 14.6. The largest absolute Gasteiger partial charge is 0.394 e. The SMILES string of the molecule is CC1(C)CCC(C)(C)c2cc(-c3csc(C4CCN(C(=O)[C@H](N)CO)CC4)n3)ccc21. The lowest BCUT2D eigenvalue weighted by atomic mass is 9.63. The van der Waals surface area contributed by atoms with E-state index in [0.29, 0.717) is 19.0 Å². The van der Waals surface area contributed by atoms with Crippen LogP contribution in [0.4, 0.5) is 0 Å². The van der Waals surface area contributed by atoms with E-state index in [9.17, 15) is 4.79 Å². The van der Waals surface area contributed by atoms with Crippen LogP contribution in [-0.2, 0) is 15.6 Å². The second-order valence-electron chi connectivity index (χ2n) is 10.5. The molecule has 3 N–H and O–H groups in total. The number of aromatic nitrogens is 1. The number of fused-ring (bicyclic) bond motifs is 1. The van der Waals surface area contributed by atoms with Crippen LogP contribution in [0.5, 0.6) is 0 Å². The van der Waals surface area contributed by atoms with Crippen LogP contribution in [0.15, 0.2) is 23.6 Å². The fraction of sp³-hybridized carbons (Fsp3) is 0.600. The Morgan fingerprint density at radius 2 is 1.84 bits per heavy atom. The topological polar surface area (TPSA) is 79.5 Å². The highest BCUT2D eigenvalue weighted by atomic mass is 32.1. The van der Waals surface area contributed by atoms with Crippen LogP contribution in [0, 0.1) is 0 Å². The van der Waals surface area contributed by atoms with Gasteiger partial charge in [-0.2, -0.15) is 0 Å². The van der Waals surface area contributed by atoms with Crippen LogP contribution in [0.3, 0.4) is 0 Å². The van der Waals surface area contributed by atoms with Gasteiger partial charge in [-0.05, 0) is 53.7 Å². The Bertz CT molecular complexity index is 957. The molecule has 1 amide bonds. The third-order valence-corrected chi connectivity index (χ3v) is 8.35. The van der Waals surface area contributed by atoms with Crippen molar-refractivity contribution in [2.24, 2.45) is 5.73 Å². The number of hydrogen-bond donors (Lipinski definition) is 2. The number of aliphatic hydroxyl groups excluding tert-OH is 1. The molecule has 1 aliphatic carbocycles. The molecule has 0 spiro atoms. The molecule has 5 nitrogen and oxygen atoms in total. The molecule has 1 aromatic carbocycles. The fourth-order valence-corrected chi connectivity index (χ4v) is 6.02. The number of amides is 1. The molecule has 168 valence electrons. The third kappa shape index (κ3) is 4.30. The van der Waals surface area contributed by atoms with Crippen LogP contribution >= 0.6 is 11.3 Å². The normalized spacial score (nSPS) is 21.5. The summed E-state index contributed by atoms with van der Waals surface area (Å²) in [7, 11) is 0.